The van der Waals surface area contributed by atoms with Crippen molar-refractivity contribution in [1.29, 1.82) is 0 Å². The third kappa shape index (κ3) is 1.74. The van der Waals surface area contributed by atoms with Crippen LogP contribution in [0.1, 0.15) is 27.6 Å². The zero-order valence-electron chi connectivity index (χ0n) is 11.3. The normalized spacial score (nSPS) is 22.3. The molecule has 2 aromatic carbocycles. The van der Waals surface area contributed by atoms with Crippen molar-refractivity contribution < 1.29 is 29.6 Å². The Morgan fingerprint density at radius 2 is 1.77 bits per heavy atom. The van der Waals surface area contributed by atoms with Crippen LogP contribution in [0.3, 0.4) is 0 Å². The first-order valence-corrected chi connectivity index (χ1v) is 6.75. The first kappa shape index (κ1) is 13.0. The van der Waals surface area contributed by atoms with Crippen LogP contribution >= 0.6 is 0 Å². The lowest BCUT2D eigenvalue weighted by molar-refractivity contribution is -0.0424. The number of aromatic hydroxyl groups is 3. The monoisotopic (exact) mass is 300 g/mol. The standard InChI is InChI=1S/C16H12O6/c17-8-1-2-9-13(4-8)22-15-10-5-12(19)11(18)3-7(10)6-21-16(15)14(9)20/h1-5,15-19H,6H2/t15-,16-/m1/s1. The van der Waals surface area contributed by atoms with Crippen LogP contribution in [0.4, 0.5) is 0 Å². The summed E-state index contributed by atoms with van der Waals surface area (Å²) in [4.78, 5) is 12.5. The first-order valence-electron chi connectivity index (χ1n) is 6.75. The number of phenols is 3. The van der Waals surface area contributed by atoms with Gasteiger partial charge in [-0.15, -0.1) is 0 Å². The van der Waals surface area contributed by atoms with E-state index in [0.717, 1.165) is 0 Å². The number of ether oxygens (including phenoxy) is 2. The molecule has 0 amide bonds. The van der Waals surface area contributed by atoms with Gasteiger partial charge in [-0.1, -0.05) is 0 Å². The quantitative estimate of drug-likeness (QED) is 0.644. The number of carbonyl (C=O) groups is 1. The second-order valence-electron chi connectivity index (χ2n) is 5.35. The van der Waals surface area contributed by atoms with E-state index in [-0.39, 0.29) is 35.4 Å². The molecule has 6 heteroatoms. The topological polar surface area (TPSA) is 96.2 Å². The molecular weight excluding hydrogens is 288 g/mol. The van der Waals surface area contributed by atoms with Gasteiger partial charge in [-0.3, -0.25) is 4.79 Å². The van der Waals surface area contributed by atoms with Gasteiger partial charge in [0, 0.05) is 11.6 Å². The minimum absolute atomic E-state index is 0.00416. The second-order valence-corrected chi connectivity index (χ2v) is 5.35. The lowest BCUT2D eigenvalue weighted by atomic mass is 9.88. The summed E-state index contributed by atoms with van der Waals surface area (Å²) in [6.45, 7) is 0.146. The molecule has 6 nitrogen and oxygen atoms in total. The van der Waals surface area contributed by atoms with Crippen molar-refractivity contribution in [1.82, 2.24) is 0 Å². The SMILES string of the molecule is O=C1c2ccc(O)cc2O[C@@H]2c3cc(O)c(O)cc3CO[C@H]12. The van der Waals surface area contributed by atoms with Gasteiger partial charge in [0.25, 0.3) is 0 Å². The zero-order valence-corrected chi connectivity index (χ0v) is 11.3. The molecule has 2 heterocycles. The largest absolute Gasteiger partial charge is 0.508 e. The zero-order chi connectivity index (χ0) is 15.4. The van der Waals surface area contributed by atoms with Gasteiger partial charge < -0.3 is 24.8 Å². The summed E-state index contributed by atoms with van der Waals surface area (Å²) in [6, 6.07) is 7.06. The van der Waals surface area contributed by atoms with Gasteiger partial charge in [-0.2, -0.15) is 0 Å². The van der Waals surface area contributed by atoms with Crippen molar-refractivity contribution in [3.63, 3.8) is 0 Å². The molecule has 112 valence electrons. The average molecular weight is 300 g/mol. The Morgan fingerprint density at radius 1 is 1.00 bits per heavy atom. The Labute approximate surface area is 125 Å². The van der Waals surface area contributed by atoms with Gasteiger partial charge in [-0.25, -0.2) is 0 Å². The van der Waals surface area contributed by atoms with Gasteiger partial charge >= 0.3 is 0 Å². The molecule has 0 saturated heterocycles. The van der Waals surface area contributed by atoms with Crippen LogP contribution < -0.4 is 4.74 Å². The summed E-state index contributed by atoms with van der Waals surface area (Å²) >= 11 is 0. The molecule has 0 aliphatic carbocycles. The fourth-order valence-electron chi connectivity index (χ4n) is 2.90. The Bertz CT molecular complexity index is 797. The minimum atomic E-state index is -0.812. The molecule has 0 radical (unpaired) electrons. The van der Waals surface area contributed by atoms with Crippen LogP contribution in [0.2, 0.25) is 0 Å². The van der Waals surface area contributed by atoms with Crippen molar-refractivity contribution in [2.45, 2.75) is 18.8 Å². The van der Waals surface area contributed by atoms with E-state index in [1.807, 2.05) is 0 Å². The van der Waals surface area contributed by atoms with Gasteiger partial charge in [0.15, 0.2) is 29.5 Å². The predicted octanol–water partition coefficient (Wildman–Crippen LogP) is 2.02. The number of fused-ring (bicyclic) bond motifs is 4. The number of hydrogen-bond acceptors (Lipinski definition) is 6. The molecule has 4 rings (SSSR count). The fraction of sp³-hybridized carbons (Fsp3) is 0.188. The van der Waals surface area contributed by atoms with Gasteiger partial charge in [-0.05, 0) is 29.8 Å². The molecule has 22 heavy (non-hydrogen) atoms. The molecule has 0 spiro atoms. The molecule has 3 N–H and O–H groups in total. The Morgan fingerprint density at radius 3 is 2.59 bits per heavy atom. The van der Waals surface area contributed by atoms with Gasteiger partial charge in [0.1, 0.15) is 11.5 Å². The van der Waals surface area contributed by atoms with Crippen LogP contribution in [0.5, 0.6) is 23.0 Å². The predicted molar refractivity (Wildman–Crippen MR) is 74.2 cm³/mol. The van der Waals surface area contributed by atoms with E-state index in [0.29, 0.717) is 16.7 Å². The highest BCUT2D eigenvalue weighted by Crippen LogP contribution is 2.44. The van der Waals surface area contributed by atoms with Crippen LogP contribution in [-0.2, 0) is 11.3 Å². The minimum Gasteiger partial charge on any atom is -0.508 e. The maximum absolute atomic E-state index is 12.5. The summed E-state index contributed by atoms with van der Waals surface area (Å²) in [5.74, 6) is -0.492. The van der Waals surface area contributed by atoms with Crippen molar-refractivity contribution >= 4 is 5.78 Å². The Hall–Kier alpha value is -2.73. The maximum Gasteiger partial charge on any atom is 0.199 e. The summed E-state index contributed by atoms with van der Waals surface area (Å²) < 4.78 is 11.4. The Kier molecular flexibility index (Phi) is 2.58. The molecule has 2 aliphatic heterocycles. The van der Waals surface area contributed by atoms with E-state index < -0.39 is 12.2 Å². The maximum atomic E-state index is 12.5. The lowest BCUT2D eigenvalue weighted by Crippen LogP contribution is -2.41. The van der Waals surface area contributed by atoms with Gasteiger partial charge in [0.2, 0.25) is 0 Å². The molecule has 0 fully saturated rings. The van der Waals surface area contributed by atoms with Crippen LogP contribution in [0.25, 0.3) is 0 Å². The molecule has 2 aromatic rings. The van der Waals surface area contributed by atoms with Gasteiger partial charge in [0.05, 0.1) is 12.2 Å². The summed E-state index contributed by atoms with van der Waals surface area (Å²) in [5, 5.41) is 28.8. The molecule has 0 unspecified atom stereocenters. The van der Waals surface area contributed by atoms with Crippen molar-refractivity contribution in [3.05, 3.63) is 47.0 Å². The van der Waals surface area contributed by atoms with Crippen LogP contribution in [-0.4, -0.2) is 27.2 Å². The number of carbonyl (C=O) groups excluding carboxylic acids is 1. The van der Waals surface area contributed by atoms with E-state index in [2.05, 4.69) is 0 Å². The van der Waals surface area contributed by atoms with E-state index in [1.165, 1.54) is 30.3 Å². The number of benzene rings is 2. The third-order valence-corrected chi connectivity index (χ3v) is 3.98. The number of rotatable bonds is 0. The summed E-state index contributed by atoms with van der Waals surface area (Å²) in [7, 11) is 0. The molecule has 0 saturated carbocycles. The molecule has 2 aliphatic rings. The van der Waals surface area contributed by atoms with E-state index in [4.69, 9.17) is 9.47 Å². The van der Waals surface area contributed by atoms with E-state index >= 15 is 0 Å². The highest BCUT2D eigenvalue weighted by Gasteiger charge is 2.43. The number of hydrogen-bond donors (Lipinski definition) is 3. The highest BCUT2D eigenvalue weighted by molar-refractivity contribution is 6.03. The van der Waals surface area contributed by atoms with E-state index in [9.17, 15) is 20.1 Å². The smallest absolute Gasteiger partial charge is 0.199 e. The third-order valence-electron chi connectivity index (χ3n) is 3.98. The fourth-order valence-corrected chi connectivity index (χ4v) is 2.90. The summed E-state index contributed by atoms with van der Waals surface area (Å²) in [5.41, 5.74) is 1.59. The summed E-state index contributed by atoms with van der Waals surface area (Å²) in [6.07, 6.45) is -1.54. The first-order chi connectivity index (χ1) is 10.5. The highest BCUT2D eigenvalue weighted by atomic mass is 16.6. The Balaban J connectivity index is 1.85. The number of phenolic OH excluding ortho intramolecular Hbond substituents is 3. The van der Waals surface area contributed by atoms with Crippen molar-refractivity contribution in [2.24, 2.45) is 0 Å². The molecule has 2 atom stereocenters. The second kappa shape index (κ2) is 4.38. The van der Waals surface area contributed by atoms with Crippen molar-refractivity contribution in [3.8, 4) is 23.0 Å². The molecular formula is C16H12O6. The van der Waals surface area contributed by atoms with Crippen LogP contribution in [0, 0.1) is 0 Å². The number of Topliss-reactive ketones (excluding diaryl/α,β-unsaturated/α-hetero) is 1. The molecule has 0 bridgehead atoms. The van der Waals surface area contributed by atoms with E-state index in [1.54, 1.807) is 0 Å². The van der Waals surface area contributed by atoms with Crippen molar-refractivity contribution in [2.75, 3.05) is 0 Å². The van der Waals surface area contributed by atoms with Crippen LogP contribution in [0.15, 0.2) is 30.3 Å². The average Bonchev–Trinajstić information content (AvgIpc) is 2.48. The lowest BCUT2D eigenvalue weighted by Gasteiger charge is -2.37. The number of ketones is 1. The molecule has 0 aromatic heterocycles.